The lowest BCUT2D eigenvalue weighted by molar-refractivity contribution is -0.149. The highest BCUT2D eigenvalue weighted by Gasteiger charge is 2.20. The molecule has 5 heteroatoms. The molecular formula is C20H38O5. The van der Waals surface area contributed by atoms with E-state index in [1.165, 1.54) is 6.92 Å². The van der Waals surface area contributed by atoms with Crippen LogP contribution in [0.3, 0.4) is 0 Å². The number of aliphatic carboxylic acids is 1. The Labute approximate surface area is 154 Å². The molecule has 0 amide bonds. The quantitative estimate of drug-likeness (QED) is 0.546. The standard InChI is InChI=1S/C8H14O2.C8H18O.C4H6O2/c1-6(2)7(9)10-8(3,4)5;1-7(2,3)9-8(4,5)6;1-3(2)4(5)6/h1H2,2-5H3;1-6H3;1H2,2H3,(H,5,6). The summed E-state index contributed by atoms with van der Waals surface area (Å²) in [5.74, 6) is -1.26. The first kappa shape index (κ1) is 28.2. The number of esters is 1. The van der Waals surface area contributed by atoms with Gasteiger partial charge >= 0.3 is 11.9 Å². The minimum atomic E-state index is -0.935. The van der Waals surface area contributed by atoms with Crippen LogP contribution in [0.1, 0.15) is 76.2 Å². The molecule has 0 rings (SSSR count). The first-order valence-corrected chi connectivity index (χ1v) is 8.16. The first-order chi connectivity index (χ1) is 10.7. The highest BCUT2D eigenvalue weighted by molar-refractivity contribution is 5.87. The summed E-state index contributed by atoms with van der Waals surface area (Å²) < 4.78 is 10.6. The Morgan fingerprint density at radius 1 is 0.720 bits per heavy atom. The van der Waals surface area contributed by atoms with Gasteiger partial charge in [-0.05, 0) is 76.2 Å². The van der Waals surface area contributed by atoms with E-state index in [2.05, 4.69) is 54.7 Å². The molecule has 25 heavy (non-hydrogen) atoms. The summed E-state index contributed by atoms with van der Waals surface area (Å²) >= 11 is 0. The molecule has 0 aromatic rings. The largest absolute Gasteiger partial charge is 0.478 e. The monoisotopic (exact) mass is 358 g/mol. The average molecular weight is 359 g/mol. The summed E-state index contributed by atoms with van der Waals surface area (Å²) in [6.45, 7) is 27.6. The van der Waals surface area contributed by atoms with Crippen molar-refractivity contribution in [2.45, 2.75) is 93.0 Å². The van der Waals surface area contributed by atoms with E-state index >= 15 is 0 Å². The zero-order valence-electron chi connectivity index (χ0n) is 18.0. The normalized spacial score (nSPS) is 11.2. The van der Waals surface area contributed by atoms with Gasteiger partial charge in [0.2, 0.25) is 0 Å². The Hall–Kier alpha value is -1.62. The molecule has 0 saturated carbocycles. The van der Waals surface area contributed by atoms with E-state index in [9.17, 15) is 9.59 Å². The van der Waals surface area contributed by atoms with Gasteiger partial charge in [0.05, 0.1) is 11.2 Å². The fourth-order valence-corrected chi connectivity index (χ4v) is 1.28. The van der Waals surface area contributed by atoms with Crippen LogP contribution in [0.4, 0.5) is 0 Å². The van der Waals surface area contributed by atoms with Crippen molar-refractivity contribution in [3.63, 3.8) is 0 Å². The van der Waals surface area contributed by atoms with Crippen LogP contribution in [-0.4, -0.2) is 33.8 Å². The predicted molar refractivity (Wildman–Crippen MR) is 104 cm³/mol. The van der Waals surface area contributed by atoms with Crippen LogP contribution >= 0.6 is 0 Å². The molecule has 0 heterocycles. The van der Waals surface area contributed by atoms with Crippen LogP contribution in [0.5, 0.6) is 0 Å². The summed E-state index contributed by atoms with van der Waals surface area (Å²) in [6, 6.07) is 0. The van der Waals surface area contributed by atoms with Crippen LogP contribution in [-0.2, 0) is 19.1 Å². The number of rotatable bonds is 2. The van der Waals surface area contributed by atoms with E-state index in [4.69, 9.17) is 14.6 Å². The maximum atomic E-state index is 10.8. The van der Waals surface area contributed by atoms with Crippen molar-refractivity contribution in [3.05, 3.63) is 24.3 Å². The minimum Gasteiger partial charge on any atom is -0.478 e. The highest BCUT2D eigenvalue weighted by atomic mass is 16.6. The molecule has 0 unspecified atom stereocenters. The first-order valence-electron chi connectivity index (χ1n) is 8.16. The Morgan fingerprint density at radius 3 is 1.04 bits per heavy atom. The van der Waals surface area contributed by atoms with E-state index < -0.39 is 11.6 Å². The van der Waals surface area contributed by atoms with E-state index in [1.807, 2.05) is 20.8 Å². The SMILES string of the molecule is C=C(C)C(=O)O.C=C(C)C(=O)OC(C)(C)C.CC(C)(C)OC(C)(C)C. The highest BCUT2D eigenvalue weighted by Crippen LogP contribution is 2.18. The van der Waals surface area contributed by atoms with E-state index in [-0.39, 0.29) is 22.7 Å². The van der Waals surface area contributed by atoms with E-state index in [0.717, 1.165) is 0 Å². The Morgan fingerprint density at radius 2 is 1.00 bits per heavy atom. The van der Waals surface area contributed by atoms with Crippen molar-refractivity contribution in [1.29, 1.82) is 0 Å². The smallest absolute Gasteiger partial charge is 0.333 e. The number of carbonyl (C=O) groups is 2. The molecule has 0 saturated heterocycles. The van der Waals surface area contributed by atoms with Crippen molar-refractivity contribution in [2.75, 3.05) is 0 Å². The summed E-state index contributed by atoms with van der Waals surface area (Å²) in [6.07, 6.45) is 0. The lowest BCUT2D eigenvalue weighted by Gasteiger charge is -2.30. The number of carbonyl (C=O) groups excluding carboxylic acids is 1. The van der Waals surface area contributed by atoms with Crippen LogP contribution in [0.2, 0.25) is 0 Å². The van der Waals surface area contributed by atoms with Gasteiger partial charge in [-0.3, -0.25) is 0 Å². The zero-order chi connectivity index (χ0) is 21.2. The fourth-order valence-electron chi connectivity index (χ4n) is 1.28. The molecule has 0 spiro atoms. The fraction of sp³-hybridized carbons (Fsp3) is 0.700. The third-order valence-electron chi connectivity index (χ3n) is 1.72. The van der Waals surface area contributed by atoms with Gasteiger partial charge in [0.15, 0.2) is 0 Å². The van der Waals surface area contributed by atoms with Gasteiger partial charge in [-0.1, -0.05) is 13.2 Å². The maximum Gasteiger partial charge on any atom is 0.333 e. The lowest BCUT2D eigenvalue weighted by atomic mass is 10.1. The molecule has 5 nitrogen and oxygen atoms in total. The van der Waals surface area contributed by atoms with Gasteiger partial charge in [-0.15, -0.1) is 0 Å². The summed E-state index contributed by atoms with van der Waals surface area (Å²) in [5.41, 5.74) is 0.178. The maximum absolute atomic E-state index is 10.8. The molecule has 148 valence electrons. The zero-order valence-corrected chi connectivity index (χ0v) is 18.0. The number of ether oxygens (including phenoxy) is 2. The molecule has 0 fully saturated rings. The van der Waals surface area contributed by atoms with Crippen molar-refractivity contribution in [3.8, 4) is 0 Å². The van der Waals surface area contributed by atoms with Gasteiger partial charge in [-0.2, -0.15) is 0 Å². The van der Waals surface area contributed by atoms with Gasteiger partial charge in [0.25, 0.3) is 0 Å². The Bertz CT molecular complexity index is 430. The van der Waals surface area contributed by atoms with Gasteiger partial charge in [0.1, 0.15) is 5.60 Å². The Kier molecular flexibility index (Phi) is 12.5. The van der Waals surface area contributed by atoms with Crippen LogP contribution in [0.15, 0.2) is 24.3 Å². The molecule has 0 atom stereocenters. The van der Waals surface area contributed by atoms with Crippen LogP contribution in [0, 0.1) is 0 Å². The van der Waals surface area contributed by atoms with Gasteiger partial charge in [0, 0.05) is 11.1 Å². The number of hydrogen-bond donors (Lipinski definition) is 1. The third-order valence-corrected chi connectivity index (χ3v) is 1.72. The lowest BCUT2D eigenvalue weighted by Crippen LogP contribution is -2.31. The third kappa shape index (κ3) is 30.8. The number of carboxylic acid groups (broad SMARTS) is 1. The Balaban J connectivity index is -0.000000300. The molecule has 1 N–H and O–H groups in total. The summed E-state index contributed by atoms with van der Waals surface area (Å²) in [5, 5.41) is 7.89. The van der Waals surface area contributed by atoms with E-state index in [1.54, 1.807) is 6.92 Å². The second kappa shape index (κ2) is 11.1. The summed E-state index contributed by atoms with van der Waals surface area (Å²) in [7, 11) is 0. The topological polar surface area (TPSA) is 72.8 Å². The molecule has 0 aromatic carbocycles. The molecule has 0 aliphatic carbocycles. The predicted octanol–water partition coefficient (Wildman–Crippen LogP) is 5.15. The molecule has 0 aliphatic rings. The molecular weight excluding hydrogens is 320 g/mol. The molecule has 0 aromatic heterocycles. The van der Waals surface area contributed by atoms with Crippen molar-refractivity contribution < 1.29 is 24.2 Å². The summed E-state index contributed by atoms with van der Waals surface area (Å²) in [4.78, 5) is 20.4. The van der Waals surface area contributed by atoms with Crippen LogP contribution < -0.4 is 0 Å². The van der Waals surface area contributed by atoms with Crippen molar-refractivity contribution in [1.82, 2.24) is 0 Å². The minimum absolute atomic E-state index is 0.0156. The number of hydrogen-bond acceptors (Lipinski definition) is 4. The second-order valence-corrected chi connectivity index (χ2v) is 8.69. The van der Waals surface area contributed by atoms with Gasteiger partial charge < -0.3 is 14.6 Å². The van der Waals surface area contributed by atoms with Crippen molar-refractivity contribution in [2.24, 2.45) is 0 Å². The number of carboxylic acids is 1. The van der Waals surface area contributed by atoms with Crippen LogP contribution in [0.25, 0.3) is 0 Å². The molecule has 0 bridgehead atoms. The van der Waals surface area contributed by atoms with Gasteiger partial charge in [-0.25, -0.2) is 9.59 Å². The van der Waals surface area contributed by atoms with Crippen molar-refractivity contribution >= 4 is 11.9 Å². The van der Waals surface area contributed by atoms with E-state index in [0.29, 0.717) is 5.57 Å². The average Bonchev–Trinajstić information content (AvgIpc) is 2.22. The molecule has 0 radical (unpaired) electrons. The molecule has 0 aliphatic heterocycles. The second-order valence-electron chi connectivity index (χ2n) is 8.69.